The molecule has 0 saturated carbocycles. The van der Waals surface area contributed by atoms with E-state index in [0.29, 0.717) is 13.0 Å². The van der Waals surface area contributed by atoms with Crippen LogP contribution in [-0.4, -0.2) is 25.6 Å². The average molecular weight is 301 g/mol. The second kappa shape index (κ2) is 6.77. The van der Waals surface area contributed by atoms with Crippen molar-refractivity contribution in [3.05, 3.63) is 28.2 Å². The van der Waals surface area contributed by atoms with E-state index in [0.717, 1.165) is 15.8 Å². The van der Waals surface area contributed by atoms with Gasteiger partial charge in [0.2, 0.25) is 0 Å². The Morgan fingerprint density at radius 3 is 2.76 bits per heavy atom. The summed E-state index contributed by atoms with van der Waals surface area (Å²) in [7, 11) is 1.60. The first-order chi connectivity index (χ1) is 8.08. The predicted octanol–water partition coefficient (Wildman–Crippen LogP) is 2.99. The number of carbonyl (C=O) groups excluding carboxylic acids is 1. The molecule has 0 N–H and O–H groups in total. The fraction of sp³-hybridized carbons (Fsp3) is 0.462. The number of hydrogen-bond donors (Lipinski definition) is 0. The molecular formula is C13H17BrO3. The molecule has 1 aromatic rings. The largest absolute Gasteiger partial charge is 0.496 e. The highest BCUT2D eigenvalue weighted by Gasteiger charge is 2.15. The Hall–Kier alpha value is -0.870. The van der Waals surface area contributed by atoms with E-state index in [4.69, 9.17) is 9.47 Å². The van der Waals surface area contributed by atoms with Crippen LogP contribution in [0.5, 0.6) is 5.75 Å². The summed E-state index contributed by atoms with van der Waals surface area (Å²) in [5.74, 6) is 0.786. The molecule has 0 saturated heterocycles. The van der Waals surface area contributed by atoms with Crippen molar-refractivity contribution < 1.29 is 14.3 Å². The van der Waals surface area contributed by atoms with Crippen molar-refractivity contribution in [2.24, 2.45) is 0 Å². The number of carbonyl (C=O) groups is 1. The third-order valence-corrected chi connectivity index (χ3v) is 2.97. The van der Waals surface area contributed by atoms with Crippen LogP contribution in [0.4, 0.5) is 0 Å². The van der Waals surface area contributed by atoms with Crippen LogP contribution in [0.15, 0.2) is 22.7 Å². The van der Waals surface area contributed by atoms with Crippen molar-refractivity contribution in [3.8, 4) is 5.75 Å². The molecule has 1 rings (SSSR count). The summed E-state index contributed by atoms with van der Waals surface area (Å²) in [6, 6.07) is 5.63. The van der Waals surface area contributed by atoms with Crippen molar-refractivity contribution in [2.75, 3.05) is 13.7 Å². The van der Waals surface area contributed by atoms with Gasteiger partial charge in [-0.15, -0.1) is 0 Å². The lowest BCUT2D eigenvalue weighted by Crippen LogP contribution is -2.22. The Balaban J connectivity index is 2.79. The smallest absolute Gasteiger partial charge is 0.165 e. The van der Waals surface area contributed by atoms with Gasteiger partial charge in [-0.3, -0.25) is 4.79 Å². The average Bonchev–Trinajstić information content (AvgIpc) is 2.29. The van der Waals surface area contributed by atoms with E-state index in [1.54, 1.807) is 14.0 Å². The molecule has 0 heterocycles. The van der Waals surface area contributed by atoms with Crippen LogP contribution in [0.25, 0.3) is 0 Å². The van der Waals surface area contributed by atoms with Crippen molar-refractivity contribution in [2.45, 2.75) is 26.4 Å². The number of halogens is 1. The number of hydrogen-bond acceptors (Lipinski definition) is 3. The molecule has 17 heavy (non-hydrogen) atoms. The maximum atomic E-state index is 11.9. The Morgan fingerprint density at radius 2 is 2.18 bits per heavy atom. The highest BCUT2D eigenvalue weighted by molar-refractivity contribution is 9.10. The highest BCUT2D eigenvalue weighted by Crippen LogP contribution is 2.24. The molecule has 0 spiro atoms. The molecule has 0 fully saturated rings. The minimum atomic E-state index is -0.372. The van der Waals surface area contributed by atoms with Gasteiger partial charge in [0.15, 0.2) is 5.78 Å². The Kier molecular flexibility index (Phi) is 5.65. The fourth-order valence-electron chi connectivity index (χ4n) is 1.56. The van der Waals surface area contributed by atoms with Crippen molar-refractivity contribution in [3.63, 3.8) is 0 Å². The number of Topliss-reactive ketones (excluding diaryl/α,β-unsaturated/α-hetero) is 1. The first-order valence-corrected chi connectivity index (χ1v) is 6.34. The van der Waals surface area contributed by atoms with Crippen LogP contribution in [0, 0.1) is 0 Å². The van der Waals surface area contributed by atoms with Gasteiger partial charge >= 0.3 is 0 Å². The molecule has 1 atom stereocenters. The summed E-state index contributed by atoms with van der Waals surface area (Å²) in [6.45, 7) is 4.20. The third-order valence-electron chi connectivity index (χ3n) is 2.48. The zero-order chi connectivity index (χ0) is 12.8. The van der Waals surface area contributed by atoms with Gasteiger partial charge in [0, 0.05) is 23.1 Å². The second-order valence-electron chi connectivity index (χ2n) is 3.70. The van der Waals surface area contributed by atoms with Crippen molar-refractivity contribution in [1.82, 2.24) is 0 Å². The van der Waals surface area contributed by atoms with Gasteiger partial charge in [-0.05, 0) is 32.0 Å². The van der Waals surface area contributed by atoms with Crippen LogP contribution < -0.4 is 4.74 Å². The maximum absolute atomic E-state index is 11.9. The van der Waals surface area contributed by atoms with Crippen LogP contribution in [0.2, 0.25) is 0 Å². The first-order valence-electron chi connectivity index (χ1n) is 5.55. The quantitative estimate of drug-likeness (QED) is 0.810. The Labute approximate surface area is 110 Å². The lowest BCUT2D eigenvalue weighted by Gasteiger charge is -2.12. The molecule has 94 valence electrons. The number of ether oxygens (including phenoxy) is 2. The normalized spacial score (nSPS) is 12.2. The summed E-state index contributed by atoms with van der Waals surface area (Å²) in [5.41, 5.74) is 0.874. The van der Waals surface area contributed by atoms with Gasteiger partial charge in [-0.25, -0.2) is 0 Å². The van der Waals surface area contributed by atoms with Gasteiger partial charge in [0.05, 0.1) is 7.11 Å². The minimum absolute atomic E-state index is 0.0586. The third kappa shape index (κ3) is 4.13. The summed E-state index contributed by atoms with van der Waals surface area (Å²) in [4.78, 5) is 11.9. The molecule has 0 aliphatic rings. The number of rotatable bonds is 6. The lowest BCUT2D eigenvalue weighted by molar-refractivity contribution is -0.128. The zero-order valence-corrected chi connectivity index (χ0v) is 11.9. The summed E-state index contributed by atoms with van der Waals surface area (Å²) in [6.07, 6.45) is -0.0484. The molecule has 0 aromatic heterocycles. The number of benzene rings is 1. The minimum Gasteiger partial charge on any atom is -0.496 e. The highest BCUT2D eigenvalue weighted by atomic mass is 79.9. The van der Waals surface area contributed by atoms with E-state index >= 15 is 0 Å². The van der Waals surface area contributed by atoms with Gasteiger partial charge in [-0.1, -0.05) is 15.9 Å². The maximum Gasteiger partial charge on any atom is 0.165 e. The summed E-state index contributed by atoms with van der Waals surface area (Å²) < 4.78 is 11.4. The number of methoxy groups -OCH3 is 1. The molecule has 0 bridgehead atoms. The van der Waals surface area contributed by atoms with Gasteiger partial charge < -0.3 is 9.47 Å². The van der Waals surface area contributed by atoms with Gasteiger partial charge in [0.25, 0.3) is 0 Å². The van der Waals surface area contributed by atoms with Crippen LogP contribution >= 0.6 is 15.9 Å². The molecule has 1 aromatic carbocycles. The standard InChI is InChI=1S/C13H17BrO3/c1-4-17-9(2)12(15)8-10-7-11(14)5-6-13(10)16-3/h5-7,9H,4,8H2,1-3H3. The van der Waals surface area contributed by atoms with Crippen molar-refractivity contribution in [1.29, 1.82) is 0 Å². The zero-order valence-electron chi connectivity index (χ0n) is 10.3. The summed E-state index contributed by atoms with van der Waals surface area (Å²) >= 11 is 3.39. The van der Waals surface area contributed by atoms with Crippen molar-refractivity contribution >= 4 is 21.7 Å². The van der Waals surface area contributed by atoms with E-state index in [2.05, 4.69) is 15.9 Å². The van der Waals surface area contributed by atoms with Crippen LogP contribution in [-0.2, 0) is 16.0 Å². The molecule has 0 aliphatic carbocycles. The monoisotopic (exact) mass is 300 g/mol. The lowest BCUT2D eigenvalue weighted by atomic mass is 10.1. The first kappa shape index (κ1) is 14.2. The van der Waals surface area contributed by atoms with Crippen LogP contribution in [0.1, 0.15) is 19.4 Å². The SMILES string of the molecule is CCOC(C)C(=O)Cc1cc(Br)ccc1OC. The van der Waals surface area contributed by atoms with E-state index in [9.17, 15) is 4.79 Å². The molecule has 0 amide bonds. The van der Waals surface area contributed by atoms with Crippen LogP contribution in [0.3, 0.4) is 0 Å². The van der Waals surface area contributed by atoms with E-state index in [-0.39, 0.29) is 11.9 Å². The van der Waals surface area contributed by atoms with E-state index in [1.807, 2.05) is 25.1 Å². The van der Waals surface area contributed by atoms with E-state index < -0.39 is 0 Å². The molecule has 0 aliphatic heterocycles. The molecule has 1 unspecified atom stereocenters. The molecule has 0 radical (unpaired) electrons. The molecule has 4 heteroatoms. The van der Waals surface area contributed by atoms with Gasteiger partial charge in [-0.2, -0.15) is 0 Å². The number of ketones is 1. The molecular weight excluding hydrogens is 284 g/mol. The summed E-state index contributed by atoms with van der Waals surface area (Å²) in [5, 5.41) is 0. The predicted molar refractivity (Wildman–Crippen MR) is 70.5 cm³/mol. The Bertz CT molecular complexity index is 390. The Morgan fingerprint density at radius 1 is 1.47 bits per heavy atom. The second-order valence-corrected chi connectivity index (χ2v) is 4.61. The van der Waals surface area contributed by atoms with E-state index in [1.165, 1.54) is 0 Å². The topological polar surface area (TPSA) is 35.5 Å². The van der Waals surface area contributed by atoms with Gasteiger partial charge in [0.1, 0.15) is 11.9 Å². The fourth-order valence-corrected chi connectivity index (χ4v) is 1.97. The molecule has 3 nitrogen and oxygen atoms in total.